The van der Waals surface area contributed by atoms with E-state index in [4.69, 9.17) is 11.6 Å². The highest BCUT2D eigenvalue weighted by Crippen LogP contribution is 2.13. The second-order valence-electron chi connectivity index (χ2n) is 4.02. The van der Waals surface area contributed by atoms with Crippen LogP contribution in [0.3, 0.4) is 0 Å². The van der Waals surface area contributed by atoms with E-state index in [1.165, 1.54) is 0 Å². The van der Waals surface area contributed by atoms with Gasteiger partial charge in [-0.15, -0.1) is 0 Å². The summed E-state index contributed by atoms with van der Waals surface area (Å²) in [6.45, 7) is 2.30. The van der Waals surface area contributed by atoms with Crippen LogP contribution < -0.4 is 10.7 Å². The van der Waals surface area contributed by atoms with Crippen LogP contribution in [-0.2, 0) is 6.54 Å². The number of rotatable bonds is 3. The van der Waals surface area contributed by atoms with E-state index in [-0.39, 0.29) is 5.43 Å². The molecular formula is C13H14ClN3O. The summed E-state index contributed by atoms with van der Waals surface area (Å²) in [5.74, 6) is 0. The van der Waals surface area contributed by atoms with Crippen LogP contribution in [0.1, 0.15) is 11.4 Å². The van der Waals surface area contributed by atoms with Gasteiger partial charge in [-0.05, 0) is 38.2 Å². The van der Waals surface area contributed by atoms with Crippen LogP contribution >= 0.6 is 11.6 Å². The summed E-state index contributed by atoms with van der Waals surface area (Å²) in [5.41, 5.74) is 2.13. The van der Waals surface area contributed by atoms with Gasteiger partial charge in [-0.25, -0.2) is 4.68 Å². The molecule has 0 radical (unpaired) electrons. The number of hydrogen-bond acceptors (Lipinski definition) is 3. The van der Waals surface area contributed by atoms with Crippen molar-refractivity contribution in [2.45, 2.75) is 13.5 Å². The zero-order chi connectivity index (χ0) is 13.1. The fraction of sp³-hybridized carbons (Fsp3) is 0.231. The van der Waals surface area contributed by atoms with Crippen molar-refractivity contribution in [2.75, 3.05) is 7.05 Å². The molecule has 0 aliphatic rings. The molecule has 0 spiro atoms. The van der Waals surface area contributed by atoms with Gasteiger partial charge in [0.1, 0.15) is 5.69 Å². The zero-order valence-corrected chi connectivity index (χ0v) is 11.0. The molecule has 1 aromatic carbocycles. The lowest BCUT2D eigenvalue weighted by molar-refractivity contribution is 0.704. The van der Waals surface area contributed by atoms with Gasteiger partial charge >= 0.3 is 0 Å². The van der Waals surface area contributed by atoms with E-state index in [9.17, 15) is 4.79 Å². The van der Waals surface area contributed by atoms with E-state index in [1.54, 1.807) is 29.9 Å². The van der Waals surface area contributed by atoms with Crippen LogP contribution in [0.5, 0.6) is 0 Å². The van der Waals surface area contributed by atoms with Crippen LogP contribution in [0.2, 0.25) is 5.02 Å². The van der Waals surface area contributed by atoms with E-state index >= 15 is 0 Å². The van der Waals surface area contributed by atoms with Gasteiger partial charge in [0.15, 0.2) is 0 Å². The quantitative estimate of drug-likeness (QED) is 0.920. The summed E-state index contributed by atoms with van der Waals surface area (Å²) < 4.78 is 1.74. The first kappa shape index (κ1) is 12.8. The maximum atomic E-state index is 11.7. The van der Waals surface area contributed by atoms with Crippen molar-refractivity contribution in [2.24, 2.45) is 0 Å². The fourth-order valence-corrected chi connectivity index (χ4v) is 1.84. The molecule has 94 valence electrons. The first-order chi connectivity index (χ1) is 8.61. The topological polar surface area (TPSA) is 46.9 Å². The average Bonchev–Trinajstić information content (AvgIpc) is 2.34. The Morgan fingerprint density at radius 2 is 2.00 bits per heavy atom. The fourth-order valence-electron chi connectivity index (χ4n) is 1.72. The SMILES string of the molecule is CNCc1nn(-c2ccc(Cl)cc2)c(C)cc1=O. The maximum Gasteiger partial charge on any atom is 0.204 e. The lowest BCUT2D eigenvalue weighted by atomic mass is 10.3. The molecule has 2 rings (SSSR count). The third-order valence-corrected chi connectivity index (χ3v) is 2.85. The van der Waals surface area contributed by atoms with Gasteiger partial charge in [0.25, 0.3) is 0 Å². The third-order valence-electron chi connectivity index (χ3n) is 2.59. The largest absolute Gasteiger partial charge is 0.314 e. The molecule has 4 nitrogen and oxygen atoms in total. The van der Waals surface area contributed by atoms with Crippen molar-refractivity contribution in [3.05, 3.63) is 57.0 Å². The lowest BCUT2D eigenvalue weighted by Gasteiger charge is -2.11. The van der Waals surface area contributed by atoms with Crippen LogP contribution in [0.15, 0.2) is 35.1 Å². The molecule has 0 saturated heterocycles. The number of nitrogens with zero attached hydrogens (tertiary/aromatic N) is 2. The predicted molar refractivity (Wildman–Crippen MR) is 72.3 cm³/mol. The summed E-state index contributed by atoms with van der Waals surface area (Å²) in [5, 5.41) is 7.97. The third kappa shape index (κ3) is 2.60. The van der Waals surface area contributed by atoms with Gasteiger partial charge in [0, 0.05) is 23.3 Å². The second-order valence-corrected chi connectivity index (χ2v) is 4.45. The van der Waals surface area contributed by atoms with Crippen molar-refractivity contribution >= 4 is 11.6 Å². The predicted octanol–water partition coefficient (Wildman–Crippen LogP) is 1.91. The van der Waals surface area contributed by atoms with Crippen molar-refractivity contribution in [3.63, 3.8) is 0 Å². The number of halogens is 1. The molecule has 2 aromatic rings. The van der Waals surface area contributed by atoms with Crippen molar-refractivity contribution in [1.29, 1.82) is 0 Å². The lowest BCUT2D eigenvalue weighted by Crippen LogP contribution is -2.22. The van der Waals surface area contributed by atoms with Crippen molar-refractivity contribution < 1.29 is 0 Å². The van der Waals surface area contributed by atoms with Gasteiger partial charge in [-0.2, -0.15) is 5.10 Å². The van der Waals surface area contributed by atoms with Gasteiger partial charge in [0.05, 0.1) is 5.69 Å². The maximum absolute atomic E-state index is 11.7. The zero-order valence-electron chi connectivity index (χ0n) is 10.3. The minimum absolute atomic E-state index is 0.0490. The molecule has 1 N–H and O–H groups in total. The van der Waals surface area contributed by atoms with Crippen molar-refractivity contribution in [1.82, 2.24) is 15.1 Å². The van der Waals surface area contributed by atoms with Gasteiger partial charge < -0.3 is 5.32 Å². The highest BCUT2D eigenvalue weighted by molar-refractivity contribution is 6.30. The Hall–Kier alpha value is -1.65. The average molecular weight is 264 g/mol. The summed E-state index contributed by atoms with van der Waals surface area (Å²) in [7, 11) is 1.79. The van der Waals surface area contributed by atoms with Crippen molar-refractivity contribution in [3.8, 4) is 5.69 Å². The normalized spacial score (nSPS) is 10.6. The number of aromatic nitrogens is 2. The van der Waals surface area contributed by atoms with E-state index in [0.29, 0.717) is 17.3 Å². The standard InChI is InChI=1S/C13H14ClN3O/c1-9-7-13(18)12(8-15-2)16-17(9)11-5-3-10(14)4-6-11/h3-7,15H,8H2,1-2H3. The minimum Gasteiger partial charge on any atom is -0.314 e. The summed E-state index contributed by atoms with van der Waals surface area (Å²) >= 11 is 5.86. The van der Waals surface area contributed by atoms with Crippen LogP contribution in [0.25, 0.3) is 5.69 Å². The molecule has 1 aromatic heterocycles. The number of nitrogens with one attached hydrogen (secondary N) is 1. The first-order valence-corrected chi connectivity index (χ1v) is 6.00. The Bertz CT molecular complexity index is 605. The number of aryl methyl sites for hydroxylation is 1. The Morgan fingerprint density at radius 1 is 1.33 bits per heavy atom. The van der Waals surface area contributed by atoms with Crippen LogP contribution in [0, 0.1) is 6.92 Å². The van der Waals surface area contributed by atoms with E-state index in [1.807, 2.05) is 19.1 Å². The Balaban J connectivity index is 2.53. The number of benzene rings is 1. The highest BCUT2D eigenvalue weighted by atomic mass is 35.5. The minimum atomic E-state index is -0.0490. The molecule has 0 aliphatic carbocycles. The summed E-state index contributed by atoms with van der Waals surface area (Å²) in [4.78, 5) is 11.7. The summed E-state index contributed by atoms with van der Waals surface area (Å²) in [6.07, 6.45) is 0. The van der Waals surface area contributed by atoms with Crippen LogP contribution in [0.4, 0.5) is 0 Å². The Kier molecular flexibility index (Phi) is 3.79. The highest BCUT2D eigenvalue weighted by Gasteiger charge is 2.06. The molecule has 5 heteroatoms. The number of hydrogen-bond donors (Lipinski definition) is 1. The van der Waals surface area contributed by atoms with E-state index in [0.717, 1.165) is 11.4 Å². The van der Waals surface area contributed by atoms with Crippen LogP contribution in [-0.4, -0.2) is 16.8 Å². The Labute approximate surface area is 110 Å². The van der Waals surface area contributed by atoms with Gasteiger partial charge in [-0.3, -0.25) is 4.79 Å². The monoisotopic (exact) mass is 263 g/mol. The molecular weight excluding hydrogens is 250 g/mol. The molecule has 0 bridgehead atoms. The van der Waals surface area contributed by atoms with E-state index < -0.39 is 0 Å². The second kappa shape index (κ2) is 5.33. The molecule has 0 atom stereocenters. The molecule has 0 saturated carbocycles. The molecule has 18 heavy (non-hydrogen) atoms. The molecule has 0 unspecified atom stereocenters. The smallest absolute Gasteiger partial charge is 0.204 e. The van der Waals surface area contributed by atoms with Gasteiger partial charge in [0.2, 0.25) is 5.43 Å². The molecule has 0 aliphatic heterocycles. The molecule has 1 heterocycles. The summed E-state index contributed by atoms with van der Waals surface area (Å²) in [6, 6.07) is 8.93. The van der Waals surface area contributed by atoms with Gasteiger partial charge in [-0.1, -0.05) is 11.6 Å². The molecule has 0 amide bonds. The Morgan fingerprint density at radius 3 is 2.61 bits per heavy atom. The van der Waals surface area contributed by atoms with E-state index in [2.05, 4.69) is 10.4 Å². The first-order valence-electron chi connectivity index (χ1n) is 5.62. The molecule has 0 fully saturated rings.